The third-order valence-corrected chi connectivity index (χ3v) is 3.50. The number of nitrogens with zero attached hydrogens (tertiary/aromatic N) is 2. The molecular formula is C14H21N3O. The van der Waals surface area contributed by atoms with Crippen molar-refractivity contribution in [3.8, 4) is 0 Å². The normalized spacial score (nSPS) is 21.8. The number of hydrogen-bond donors (Lipinski definition) is 1. The summed E-state index contributed by atoms with van der Waals surface area (Å²) >= 11 is 0. The van der Waals surface area contributed by atoms with E-state index in [0.717, 1.165) is 18.2 Å². The Balaban J connectivity index is 1.95. The number of anilines is 1. The Kier molecular flexibility index (Phi) is 3.84. The molecule has 2 amide bonds. The minimum atomic E-state index is -0.0305. The summed E-state index contributed by atoms with van der Waals surface area (Å²) in [5, 5.41) is 2.90. The topological polar surface area (TPSA) is 45.2 Å². The Labute approximate surface area is 108 Å². The van der Waals surface area contributed by atoms with Crippen molar-refractivity contribution >= 4 is 11.7 Å². The van der Waals surface area contributed by atoms with Crippen LogP contribution in [-0.4, -0.2) is 28.5 Å². The van der Waals surface area contributed by atoms with Crippen LogP contribution in [-0.2, 0) is 0 Å². The maximum absolute atomic E-state index is 12.2. The summed E-state index contributed by atoms with van der Waals surface area (Å²) in [6.07, 6.45) is 4.60. The zero-order chi connectivity index (χ0) is 13.1. The third kappa shape index (κ3) is 3.22. The van der Waals surface area contributed by atoms with Gasteiger partial charge in [-0.2, -0.15) is 0 Å². The number of urea groups is 1. The molecule has 1 aliphatic carbocycles. The Bertz CT molecular complexity index is 405. The zero-order valence-electron chi connectivity index (χ0n) is 11.3. The summed E-state index contributed by atoms with van der Waals surface area (Å²) in [7, 11) is 0. The van der Waals surface area contributed by atoms with Gasteiger partial charge in [0.25, 0.3) is 0 Å². The van der Waals surface area contributed by atoms with Gasteiger partial charge in [0.05, 0.1) is 11.9 Å². The van der Waals surface area contributed by atoms with E-state index in [1.54, 1.807) is 12.4 Å². The van der Waals surface area contributed by atoms with Crippen LogP contribution in [0.3, 0.4) is 0 Å². The second kappa shape index (κ2) is 5.38. The Morgan fingerprint density at radius 1 is 1.61 bits per heavy atom. The van der Waals surface area contributed by atoms with Crippen molar-refractivity contribution in [2.45, 2.75) is 33.2 Å². The van der Waals surface area contributed by atoms with E-state index in [1.165, 1.54) is 6.42 Å². The van der Waals surface area contributed by atoms with Crippen LogP contribution >= 0.6 is 0 Å². The molecule has 0 bridgehead atoms. The van der Waals surface area contributed by atoms with Crippen molar-refractivity contribution in [2.75, 3.05) is 11.9 Å². The van der Waals surface area contributed by atoms with Crippen molar-refractivity contribution in [3.63, 3.8) is 0 Å². The summed E-state index contributed by atoms with van der Waals surface area (Å²) in [4.78, 5) is 18.1. The lowest BCUT2D eigenvalue weighted by atomic mass is 10.2. The fourth-order valence-electron chi connectivity index (χ4n) is 2.07. The van der Waals surface area contributed by atoms with Crippen LogP contribution in [0.15, 0.2) is 24.5 Å². The first-order chi connectivity index (χ1) is 8.58. The lowest BCUT2D eigenvalue weighted by Gasteiger charge is -2.27. The molecule has 1 heterocycles. The van der Waals surface area contributed by atoms with Crippen molar-refractivity contribution in [1.82, 2.24) is 9.88 Å². The fraction of sp³-hybridized carbons (Fsp3) is 0.571. The van der Waals surface area contributed by atoms with Gasteiger partial charge in [0, 0.05) is 18.8 Å². The van der Waals surface area contributed by atoms with E-state index in [4.69, 9.17) is 0 Å². The maximum Gasteiger partial charge on any atom is 0.322 e. The number of hydrogen-bond acceptors (Lipinski definition) is 2. The second-order valence-electron chi connectivity index (χ2n) is 5.39. The van der Waals surface area contributed by atoms with Gasteiger partial charge in [-0.15, -0.1) is 0 Å². The summed E-state index contributed by atoms with van der Waals surface area (Å²) in [5.74, 6) is 1.43. The van der Waals surface area contributed by atoms with Crippen LogP contribution in [0, 0.1) is 11.8 Å². The first-order valence-electron chi connectivity index (χ1n) is 6.55. The molecule has 0 aromatic carbocycles. The molecule has 2 atom stereocenters. The molecule has 0 spiro atoms. The largest absolute Gasteiger partial charge is 0.322 e. The van der Waals surface area contributed by atoms with Gasteiger partial charge in [0.15, 0.2) is 0 Å². The van der Waals surface area contributed by atoms with Gasteiger partial charge >= 0.3 is 6.03 Å². The highest BCUT2D eigenvalue weighted by Crippen LogP contribution is 2.38. The van der Waals surface area contributed by atoms with Crippen LogP contribution in [0.1, 0.15) is 27.2 Å². The first-order valence-corrected chi connectivity index (χ1v) is 6.55. The molecule has 2 rings (SSSR count). The standard InChI is InChI=1S/C14H21N3O/c1-10(2)17(9-12-7-11(12)3)14(18)16-13-5-4-6-15-8-13/h4-6,8,10-12H,7,9H2,1-3H3,(H,16,18)/t11-,12-/m0/s1. The van der Waals surface area contributed by atoms with Crippen LogP contribution < -0.4 is 5.32 Å². The first kappa shape index (κ1) is 12.9. The minimum Gasteiger partial charge on any atom is -0.322 e. The number of rotatable bonds is 4. The van der Waals surface area contributed by atoms with Crippen molar-refractivity contribution in [3.05, 3.63) is 24.5 Å². The second-order valence-corrected chi connectivity index (χ2v) is 5.39. The number of aromatic nitrogens is 1. The molecular weight excluding hydrogens is 226 g/mol. The fourth-order valence-corrected chi connectivity index (χ4v) is 2.07. The van der Waals surface area contributed by atoms with Gasteiger partial charge in [0.2, 0.25) is 0 Å². The van der Waals surface area contributed by atoms with E-state index in [2.05, 4.69) is 31.1 Å². The summed E-state index contributed by atoms with van der Waals surface area (Å²) < 4.78 is 0. The molecule has 1 aromatic heterocycles. The van der Waals surface area contributed by atoms with Crippen LogP contribution in [0.4, 0.5) is 10.5 Å². The summed E-state index contributed by atoms with van der Waals surface area (Å²) in [6.45, 7) is 7.19. The van der Waals surface area contributed by atoms with Gasteiger partial charge in [-0.05, 0) is 44.2 Å². The van der Waals surface area contributed by atoms with E-state index in [9.17, 15) is 4.79 Å². The highest BCUT2D eigenvalue weighted by molar-refractivity contribution is 5.89. The molecule has 0 unspecified atom stereocenters. The lowest BCUT2D eigenvalue weighted by Crippen LogP contribution is -2.41. The number of amides is 2. The van der Waals surface area contributed by atoms with E-state index < -0.39 is 0 Å². The van der Waals surface area contributed by atoms with E-state index in [1.807, 2.05) is 17.0 Å². The number of carbonyl (C=O) groups excluding carboxylic acids is 1. The third-order valence-electron chi connectivity index (χ3n) is 3.50. The molecule has 1 N–H and O–H groups in total. The molecule has 98 valence electrons. The van der Waals surface area contributed by atoms with Crippen molar-refractivity contribution < 1.29 is 4.79 Å². The number of pyridine rings is 1. The average molecular weight is 247 g/mol. The quantitative estimate of drug-likeness (QED) is 0.889. The molecule has 18 heavy (non-hydrogen) atoms. The monoisotopic (exact) mass is 247 g/mol. The molecule has 1 fully saturated rings. The molecule has 1 saturated carbocycles. The number of carbonyl (C=O) groups is 1. The van der Waals surface area contributed by atoms with Crippen molar-refractivity contribution in [2.24, 2.45) is 11.8 Å². The highest BCUT2D eigenvalue weighted by Gasteiger charge is 2.35. The molecule has 0 radical (unpaired) electrons. The van der Waals surface area contributed by atoms with Crippen LogP contribution in [0.2, 0.25) is 0 Å². The highest BCUT2D eigenvalue weighted by atomic mass is 16.2. The molecule has 4 heteroatoms. The maximum atomic E-state index is 12.2. The van der Waals surface area contributed by atoms with Gasteiger partial charge in [-0.3, -0.25) is 4.98 Å². The van der Waals surface area contributed by atoms with Gasteiger partial charge in [-0.25, -0.2) is 4.79 Å². The molecule has 0 aliphatic heterocycles. The Morgan fingerprint density at radius 2 is 2.33 bits per heavy atom. The molecule has 4 nitrogen and oxygen atoms in total. The summed E-state index contributed by atoms with van der Waals surface area (Å²) in [6, 6.07) is 3.85. The smallest absolute Gasteiger partial charge is 0.322 e. The van der Waals surface area contributed by atoms with Gasteiger partial charge < -0.3 is 10.2 Å². The predicted octanol–water partition coefficient (Wildman–Crippen LogP) is 2.98. The number of nitrogens with one attached hydrogen (secondary N) is 1. The van der Waals surface area contributed by atoms with Crippen LogP contribution in [0.5, 0.6) is 0 Å². The van der Waals surface area contributed by atoms with E-state index in [-0.39, 0.29) is 12.1 Å². The van der Waals surface area contributed by atoms with E-state index >= 15 is 0 Å². The predicted molar refractivity (Wildman–Crippen MR) is 72.4 cm³/mol. The SMILES string of the molecule is CC(C)N(C[C@@H]1C[C@@H]1C)C(=O)Nc1cccnc1. The molecule has 1 aromatic rings. The molecule has 1 aliphatic rings. The molecule has 0 saturated heterocycles. The lowest BCUT2D eigenvalue weighted by molar-refractivity contribution is 0.193. The van der Waals surface area contributed by atoms with E-state index in [0.29, 0.717) is 5.92 Å². The summed E-state index contributed by atoms with van der Waals surface area (Å²) in [5.41, 5.74) is 0.747. The van der Waals surface area contributed by atoms with Gasteiger partial charge in [0.1, 0.15) is 0 Å². The van der Waals surface area contributed by atoms with Crippen molar-refractivity contribution in [1.29, 1.82) is 0 Å². The minimum absolute atomic E-state index is 0.0305. The Morgan fingerprint density at radius 3 is 2.83 bits per heavy atom. The van der Waals surface area contributed by atoms with Gasteiger partial charge in [-0.1, -0.05) is 6.92 Å². The van der Waals surface area contributed by atoms with Crippen LogP contribution in [0.25, 0.3) is 0 Å². The Hall–Kier alpha value is -1.58. The average Bonchev–Trinajstić information content (AvgIpc) is 3.03. The zero-order valence-corrected chi connectivity index (χ0v) is 11.3.